The van der Waals surface area contributed by atoms with Crippen LogP contribution in [0.25, 0.3) is 0 Å². The normalized spacial score (nSPS) is 10.7. The number of amides is 1. The number of aromatic nitrogens is 1. The smallest absolute Gasteiger partial charge is 0.272 e. The number of phenols is 1. The molecular weight excluding hydrogens is 258 g/mol. The van der Waals surface area contributed by atoms with Gasteiger partial charge in [0.25, 0.3) is 5.91 Å². The molecule has 1 aromatic carbocycles. The van der Waals surface area contributed by atoms with Gasteiger partial charge in [0.15, 0.2) is 0 Å². The zero-order chi connectivity index (χ0) is 14.5. The Labute approximate surface area is 115 Å². The molecule has 1 amide bonds. The zero-order valence-corrected chi connectivity index (χ0v) is 10.8. The van der Waals surface area contributed by atoms with Crippen molar-refractivity contribution in [3.05, 3.63) is 64.1 Å². The fourth-order valence-electron chi connectivity index (χ4n) is 1.52. The average Bonchev–Trinajstić information content (AvgIpc) is 2.44. The summed E-state index contributed by atoms with van der Waals surface area (Å²) >= 11 is 0. The molecule has 102 valence electrons. The molecule has 20 heavy (non-hydrogen) atoms. The van der Waals surface area contributed by atoms with Gasteiger partial charge in [-0.15, -0.1) is 0 Å². The van der Waals surface area contributed by atoms with Crippen molar-refractivity contribution in [3.63, 3.8) is 0 Å². The van der Waals surface area contributed by atoms with Crippen molar-refractivity contribution in [2.75, 3.05) is 0 Å². The molecule has 0 radical (unpaired) electrons. The second-order valence-electron chi connectivity index (χ2n) is 4.16. The first-order valence-electron chi connectivity index (χ1n) is 5.85. The first-order valence-corrected chi connectivity index (χ1v) is 5.85. The van der Waals surface area contributed by atoms with Gasteiger partial charge >= 0.3 is 0 Å². The van der Waals surface area contributed by atoms with E-state index in [1.54, 1.807) is 19.2 Å². The Kier molecular flexibility index (Phi) is 3.95. The Morgan fingerprint density at radius 1 is 1.25 bits per heavy atom. The number of hydrazone groups is 1. The molecule has 0 aliphatic rings. The lowest BCUT2D eigenvalue weighted by Gasteiger charge is -2.02. The Morgan fingerprint density at radius 3 is 2.60 bits per heavy atom. The van der Waals surface area contributed by atoms with Crippen LogP contribution in [0.15, 0.2) is 52.5 Å². The standard InChI is InChI=1S/C14H13N3O3/c1-17-9-11(4-7-13(17)19)14(20)16-15-8-10-2-5-12(18)6-3-10/h2-9,18H,1H3,(H,16,20). The lowest BCUT2D eigenvalue weighted by atomic mass is 10.2. The maximum absolute atomic E-state index is 11.8. The molecule has 0 unspecified atom stereocenters. The minimum Gasteiger partial charge on any atom is -0.508 e. The third kappa shape index (κ3) is 3.32. The zero-order valence-electron chi connectivity index (χ0n) is 10.8. The fraction of sp³-hybridized carbons (Fsp3) is 0.0714. The summed E-state index contributed by atoms with van der Waals surface area (Å²) in [6.07, 6.45) is 2.90. The van der Waals surface area contributed by atoms with Crippen LogP contribution in [0.2, 0.25) is 0 Å². The second-order valence-corrected chi connectivity index (χ2v) is 4.16. The van der Waals surface area contributed by atoms with Crippen LogP contribution in [0.4, 0.5) is 0 Å². The van der Waals surface area contributed by atoms with Gasteiger partial charge in [-0.1, -0.05) is 0 Å². The van der Waals surface area contributed by atoms with Crippen LogP contribution in [0.1, 0.15) is 15.9 Å². The average molecular weight is 271 g/mol. The van der Waals surface area contributed by atoms with Crippen LogP contribution >= 0.6 is 0 Å². The summed E-state index contributed by atoms with van der Waals surface area (Å²) in [5, 5.41) is 12.9. The van der Waals surface area contributed by atoms with Crippen LogP contribution < -0.4 is 11.0 Å². The first kappa shape index (κ1) is 13.5. The highest BCUT2D eigenvalue weighted by Crippen LogP contribution is 2.07. The molecule has 0 atom stereocenters. The van der Waals surface area contributed by atoms with Crippen molar-refractivity contribution >= 4 is 12.1 Å². The van der Waals surface area contributed by atoms with Crippen molar-refractivity contribution in [3.8, 4) is 5.75 Å². The number of nitrogens with one attached hydrogen (secondary N) is 1. The molecule has 0 aliphatic heterocycles. The minimum atomic E-state index is -0.407. The van der Waals surface area contributed by atoms with Crippen LogP contribution in [0.3, 0.4) is 0 Å². The summed E-state index contributed by atoms with van der Waals surface area (Å²) in [7, 11) is 1.57. The Hall–Kier alpha value is -2.89. The van der Waals surface area contributed by atoms with Gasteiger partial charge in [0.1, 0.15) is 5.75 Å². The number of carbonyl (C=O) groups excluding carboxylic acids is 1. The third-order valence-electron chi connectivity index (χ3n) is 2.62. The van der Waals surface area contributed by atoms with E-state index in [2.05, 4.69) is 10.5 Å². The SMILES string of the molecule is Cn1cc(C(=O)NN=Cc2ccc(O)cc2)ccc1=O. The number of aromatic hydroxyl groups is 1. The van der Waals surface area contributed by atoms with E-state index >= 15 is 0 Å². The number of hydrogen-bond donors (Lipinski definition) is 2. The number of carbonyl (C=O) groups is 1. The van der Waals surface area contributed by atoms with Gasteiger partial charge in [0.05, 0.1) is 11.8 Å². The molecule has 2 aromatic rings. The molecule has 0 fully saturated rings. The second kappa shape index (κ2) is 5.83. The predicted octanol–water partition coefficient (Wildman–Crippen LogP) is 0.855. The molecular formula is C14H13N3O3. The van der Waals surface area contributed by atoms with Crippen molar-refractivity contribution in [1.29, 1.82) is 0 Å². The minimum absolute atomic E-state index is 0.163. The van der Waals surface area contributed by atoms with Crippen molar-refractivity contribution in [2.45, 2.75) is 0 Å². The van der Waals surface area contributed by atoms with Crippen molar-refractivity contribution in [1.82, 2.24) is 9.99 Å². The van der Waals surface area contributed by atoms with E-state index in [-0.39, 0.29) is 11.3 Å². The molecule has 0 spiro atoms. The monoisotopic (exact) mass is 271 g/mol. The van der Waals surface area contributed by atoms with E-state index in [0.717, 1.165) is 5.56 Å². The molecule has 1 heterocycles. The summed E-state index contributed by atoms with van der Waals surface area (Å²) in [4.78, 5) is 23.0. The van der Waals surface area contributed by atoms with Gasteiger partial charge in [-0.25, -0.2) is 5.43 Å². The van der Waals surface area contributed by atoms with Gasteiger partial charge < -0.3 is 9.67 Å². The van der Waals surface area contributed by atoms with Crippen LogP contribution in [0.5, 0.6) is 5.75 Å². The van der Waals surface area contributed by atoms with Crippen LogP contribution in [-0.2, 0) is 7.05 Å². The van der Waals surface area contributed by atoms with E-state index in [1.165, 1.54) is 41.2 Å². The summed E-state index contributed by atoms with van der Waals surface area (Å²) in [6, 6.07) is 9.13. The molecule has 6 heteroatoms. The number of aryl methyl sites for hydroxylation is 1. The van der Waals surface area contributed by atoms with Gasteiger partial charge in [0.2, 0.25) is 5.56 Å². The van der Waals surface area contributed by atoms with E-state index in [1.807, 2.05) is 0 Å². The number of pyridine rings is 1. The molecule has 6 nitrogen and oxygen atoms in total. The largest absolute Gasteiger partial charge is 0.508 e. The lowest BCUT2D eigenvalue weighted by Crippen LogP contribution is -2.22. The maximum atomic E-state index is 11.8. The van der Waals surface area contributed by atoms with Gasteiger partial charge in [-0.05, 0) is 35.9 Å². The number of benzene rings is 1. The van der Waals surface area contributed by atoms with Crippen molar-refractivity contribution < 1.29 is 9.90 Å². The highest BCUT2D eigenvalue weighted by atomic mass is 16.3. The fourth-order valence-corrected chi connectivity index (χ4v) is 1.52. The summed E-state index contributed by atoms with van der Waals surface area (Å²) in [5.74, 6) is -0.244. The number of phenolic OH excluding ortho intramolecular Hbond substituents is 1. The molecule has 2 rings (SSSR count). The maximum Gasteiger partial charge on any atom is 0.272 e. The van der Waals surface area contributed by atoms with E-state index in [4.69, 9.17) is 5.11 Å². The van der Waals surface area contributed by atoms with Crippen LogP contribution in [-0.4, -0.2) is 21.8 Å². The summed E-state index contributed by atoms with van der Waals surface area (Å²) in [5.41, 5.74) is 3.26. The Balaban J connectivity index is 2.03. The van der Waals surface area contributed by atoms with Gasteiger partial charge in [-0.3, -0.25) is 9.59 Å². The third-order valence-corrected chi connectivity index (χ3v) is 2.62. The topological polar surface area (TPSA) is 83.7 Å². The van der Waals surface area contributed by atoms with Crippen molar-refractivity contribution in [2.24, 2.45) is 12.1 Å². The van der Waals surface area contributed by atoms with Gasteiger partial charge in [-0.2, -0.15) is 5.10 Å². The lowest BCUT2D eigenvalue weighted by molar-refractivity contribution is 0.0954. The predicted molar refractivity (Wildman–Crippen MR) is 74.9 cm³/mol. The summed E-state index contributed by atoms with van der Waals surface area (Å²) in [6.45, 7) is 0. The number of rotatable bonds is 3. The first-order chi connectivity index (χ1) is 9.56. The highest BCUT2D eigenvalue weighted by Gasteiger charge is 2.04. The van der Waals surface area contributed by atoms with E-state index < -0.39 is 5.91 Å². The molecule has 1 aromatic heterocycles. The Morgan fingerprint density at radius 2 is 1.95 bits per heavy atom. The molecule has 0 saturated carbocycles. The van der Waals surface area contributed by atoms with E-state index in [9.17, 15) is 9.59 Å². The van der Waals surface area contributed by atoms with E-state index in [0.29, 0.717) is 5.56 Å². The quantitative estimate of drug-likeness (QED) is 0.641. The molecule has 0 bridgehead atoms. The summed E-state index contributed by atoms with van der Waals surface area (Å²) < 4.78 is 1.32. The number of nitrogens with zero attached hydrogens (tertiary/aromatic N) is 2. The van der Waals surface area contributed by atoms with Gasteiger partial charge in [0, 0.05) is 19.3 Å². The highest BCUT2D eigenvalue weighted by molar-refractivity contribution is 5.94. The Bertz CT molecular complexity index is 702. The molecule has 0 saturated heterocycles. The molecule has 0 aliphatic carbocycles. The number of hydrogen-bond acceptors (Lipinski definition) is 4. The molecule has 2 N–H and O–H groups in total. The van der Waals surface area contributed by atoms with Crippen LogP contribution in [0, 0.1) is 0 Å².